The molecule has 0 atom stereocenters. The number of anilines is 11. The van der Waals surface area contributed by atoms with Crippen LogP contribution < -0.4 is 19.6 Å². The lowest BCUT2D eigenvalue weighted by atomic mass is 9.83. The van der Waals surface area contributed by atoms with Gasteiger partial charge in [0.25, 0.3) is 0 Å². The Bertz CT molecular complexity index is 3900. The number of fused-ring (bicyclic) bond motifs is 2. The highest BCUT2D eigenvalue weighted by Gasteiger charge is 2.26. The van der Waals surface area contributed by atoms with Crippen LogP contribution in [0.25, 0.3) is 38.2 Å². The molecule has 8 nitrogen and oxygen atoms in total. The first-order chi connectivity index (χ1) is 38.7. The van der Waals surface area contributed by atoms with Crippen molar-refractivity contribution in [3.63, 3.8) is 0 Å². The van der Waals surface area contributed by atoms with Crippen LogP contribution in [0.15, 0.2) is 298 Å². The summed E-state index contributed by atoms with van der Waals surface area (Å²) in [6.07, 6.45) is 21.2. The van der Waals surface area contributed by atoms with E-state index in [-0.39, 0.29) is 0 Å². The Morgan fingerprint density at radius 3 is 1.08 bits per heavy atom. The molecule has 8 heteroatoms. The van der Waals surface area contributed by atoms with Gasteiger partial charge in [-0.3, -0.25) is 19.9 Å². The maximum atomic E-state index is 4.60. The first-order valence-corrected chi connectivity index (χ1v) is 26.3. The highest BCUT2D eigenvalue weighted by molar-refractivity contribution is 6.20. The molecule has 1 aliphatic rings. The highest BCUT2D eigenvalue weighted by atomic mass is 15.2. The average molecular weight is 1010 g/mol. The summed E-state index contributed by atoms with van der Waals surface area (Å²) in [5, 5.41) is 4.57. The second kappa shape index (κ2) is 21.4. The molecule has 4 aromatic heterocycles. The number of rotatable bonds is 14. The van der Waals surface area contributed by atoms with Gasteiger partial charge in [0.15, 0.2) is 0 Å². The van der Waals surface area contributed by atoms with Crippen molar-refractivity contribution in [3.8, 4) is 11.1 Å². The monoisotopic (exact) mass is 1000 g/mol. The second-order valence-corrected chi connectivity index (χ2v) is 19.1. The van der Waals surface area contributed by atoms with E-state index in [1.165, 1.54) is 16.8 Å². The lowest BCUT2D eigenvalue weighted by Crippen LogP contribution is -2.17. The molecule has 0 saturated carbocycles. The van der Waals surface area contributed by atoms with Crippen molar-refractivity contribution in [1.29, 1.82) is 0 Å². The molecule has 78 heavy (non-hydrogen) atoms. The van der Waals surface area contributed by atoms with Gasteiger partial charge in [0.1, 0.15) is 0 Å². The van der Waals surface area contributed by atoms with Crippen LogP contribution in [0, 0.1) is 0 Å². The van der Waals surface area contributed by atoms with E-state index in [4.69, 9.17) is 0 Å². The molecule has 0 aliphatic heterocycles. The van der Waals surface area contributed by atoms with Crippen LogP contribution in [0.4, 0.5) is 62.6 Å². The van der Waals surface area contributed by atoms with E-state index < -0.39 is 0 Å². The van der Waals surface area contributed by atoms with Crippen LogP contribution in [0.3, 0.4) is 0 Å². The van der Waals surface area contributed by atoms with Crippen molar-refractivity contribution in [2.24, 2.45) is 0 Å². The van der Waals surface area contributed by atoms with Crippen molar-refractivity contribution < 1.29 is 0 Å². The molecule has 13 rings (SSSR count). The van der Waals surface area contributed by atoms with Gasteiger partial charge >= 0.3 is 0 Å². The van der Waals surface area contributed by atoms with Crippen LogP contribution in [0.2, 0.25) is 0 Å². The summed E-state index contributed by atoms with van der Waals surface area (Å²) in [7, 11) is 0. The van der Waals surface area contributed by atoms with Crippen LogP contribution in [-0.4, -0.2) is 19.9 Å². The Balaban J connectivity index is 1.08. The van der Waals surface area contributed by atoms with Gasteiger partial charge in [0.2, 0.25) is 0 Å². The van der Waals surface area contributed by atoms with E-state index in [0.717, 1.165) is 108 Å². The molecule has 1 aliphatic carbocycles. The topological polar surface area (TPSA) is 64.5 Å². The van der Waals surface area contributed by atoms with Crippen LogP contribution in [0.5, 0.6) is 0 Å². The molecular formula is C70H52N8. The Labute approximate surface area is 454 Å². The van der Waals surface area contributed by atoms with Crippen LogP contribution in [-0.2, 0) is 0 Å². The first-order valence-electron chi connectivity index (χ1n) is 26.3. The Morgan fingerprint density at radius 1 is 0.256 bits per heavy atom. The minimum Gasteiger partial charge on any atom is -0.314 e. The molecule has 0 fully saturated rings. The first kappa shape index (κ1) is 47.3. The SMILES string of the molecule is C1=C(c2c3cc(N(c4ccncc4)c4cccnc4)ccc3c(-c3ccc(N(c4ccccc4)c4ccccc4)cc3)c3cc(N(c4ccncc4)c4cccnc4)ccc23)CCC(N(c2ccccc2)c2ccccc2)=C1. The van der Waals surface area contributed by atoms with E-state index in [1.807, 2.05) is 61.7 Å². The summed E-state index contributed by atoms with van der Waals surface area (Å²) in [5.74, 6) is 0. The lowest BCUT2D eigenvalue weighted by Gasteiger charge is -2.31. The zero-order valence-corrected chi connectivity index (χ0v) is 42.7. The van der Waals surface area contributed by atoms with Crippen LogP contribution in [0.1, 0.15) is 18.4 Å². The fourth-order valence-corrected chi connectivity index (χ4v) is 11.0. The van der Waals surface area contributed by atoms with Gasteiger partial charge in [-0.25, -0.2) is 0 Å². The normalized spacial score (nSPS) is 12.2. The van der Waals surface area contributed by atoms with Crippen molar-refractivity contribution in [2.45, 2.75) is 12.8 Å². The molecule has 12 aromatic rings. The van der Waals surface area contributed by atoms with Crippen molar-refractivity contribution in [2.75, 3.05) is 19.6 Å². The molecule has 0 amide bonds. The molecule has 372 valence electrons. The Hall–Kier alpha value is -10.4. The maximum Gasteiger partial charge on any atom is 0.0644 e. The fourth-order valence-electron chi connectivity index (χ4n) is 11.0. The van der Waals surface area contributed by atoms with Crippen molar-refractivity contribution >= 4 is 89.7 Å². The average Bonchev–Trinajstić information content (AvgIpc) is 3.64. The summed E-state index contributed by atoms with van der Waals surface area (Å²) in [4.78, 5) is 27.3. The largest absolute Gasteiger partial charge is 0.314 e. The maximum absolute atomic E-state index is 4.60. The molecule has 0 bridgehead atoms. The summed E-state index contributed by atoms with van der Waals surface area (Å²) in [6.45, 7) is 0. The summed E-state index contributed by atoms with van der Waals surface area (Å²) in [6, 6.07) is 82.0. The summed E-state index contributed by atoms with van der Waals surface area (Å²) in [5.41, 5.74) is 17.3. The van der Waals surface area contributed by atoms with Gasteiger partial charge in [-0.15, -0.1) is 0 Å². The third-order valence-corrected chi connectivity index (χ3v) is 14.5. The van der Waals surface area contributed by atoms with E-state index in [0.29, 0.717) is 0 Å². The molecular weight excluding hydrogens is 953 g/mol. The van der Waals surface area contributed by atoms with Gasteiger partial charge in [-0.2, -0.15) is 0 Å². The third-order valence-electron chi connectivity index (χ3n) is 14.5. The van der Waals surface area contributed by atoms with Crippen molar-refractivity contribution in [1.82, 2.24) is 19.9 Å². The quantitative estimate of drug-likeness (QED) is 0.0999. The Kier molecular flexibility index (Phi) is 13.0. The lowest BCUT2D eigenvalue weighted by molar-refractivity contribution is 0.931. The molecule has 4 heterocycles. The predicted molar refractivity (Wildman–Crippen MR) is 322 cm³/mol. The number of hydrogen-bond acceptors (Lipinski definition) is 8. The molecule has 0 unspecified atom stereocenters. The van der Waals surface area contributed by atoms with E-state index in [9.17, 15) is 0 Å². The number of para-hydroxylation sites is 4. The van der Waals surface area contributed by atoms with Gasteiger partial charge in [0.05, 0.1) is 23.8 Å². The third kappa shape index (κ3) is 9.28. The number of hydrogen-bond donors (Lipinski definition) is 0. The van der Waals surface area contributed by atoms with Gasteiger partial charge in [0, 0.05) is 94.1 Å². The highest BCUT2D eigenvalue weighted by Crippen LogP contribution is 2.49. The number of benzene rings is 8. The minimum atomic E-state index is 0.816. The molecule has 0 saturated heterocycles. The zero-order chi connectivity index (χ0) is 52.0. The molecule has 8 aromatic carbocycles. The minimum absolute atomic E-state index is 0.816. The number of nitrogens with zero attached hydrogens (tertiary/aromatic N) is 8. The van der Waals surface area contributed by atoms with Crippen molar-refractivity contribution in [3.05, 3.63) is 304 Å². The fraction of sp³-hybridized carbons (Fsp3) is 0.0286. The van der Waals surface area contributed by atoms with E-state index >= 15 is 0 Å². The zero-order valence-electron chi connectivity index (χ0n) is 42.7. The van der Waals surface area contributed by atoms with Gasteiger partial charge < -0.3 is 19.6 Å². The van der Waals surface area contributed by atoms with Gasteiger partial charge in [-0.05, 0) is 196 Å². The predicted octanol–water partition coefficient (Wildman–Crippen LogP) is 18.5. The van der Waals surface area contributed by atoms with Gasteiger partial charge in [-0.1, -0.05) is 103 Å². The summed E-state index contributed by atoms with van der Waals surface area (Å²) >= 11 is 0. The van der Waals surface area contributed by atoms with Crippen LogP contribution >= 0.6 is 0 Å². The smallest absolute Gasteiger partial charge is 0.0644 e. The standard InChI is InChI=1S/C70H52N8/c1-5-15-53(16-6-1)75(54-17-7-2-8-18-54)57-29-25-51(26-30-57)69-65-35-33-62(78(60-39-45-72-46-40-60)64-24-14-42-74-50-64)48-68(65)70(52-27-31-58(32-28-52)76(55-19-9-3-10-20-55)56-21-11-4-12-22-56)66-36-34-61(47-67(66)69)77(59-37-43-71-44-38-59)63-23-13-41-73-49-63/h1-27,29-31,33-50H,28,32H2. The van der Waals surface area contributed by atoms with E-state index in [2.05, 4.69) is 270 Å². The van der Waals surface area contributed by atoms with E-state index in [1.54, 1.807) is 0 Å². The number of pyridine rings is 4. The molecule has 0 N–H and O–H groups in total. The number of aromatic nitrogens is 4. The molecule has 0 radical (unpaired) electrons. The summed E-state index contributed by atoms with van der Waals surface area (Å²) < 4.78 is 0. The second-order valence-electron chi connectivity index (χ2n) is 19.1. The Morgan fingerprint density at radius 2 is 0.641 bits per heavy atom. The molecule has 0 spiro atoms. The number of allylic oxidation sites excluding steroid dienone is 4.